The van der Waals surface area contributed by atoms with Crippen LogP contribution in [0.1, 0.15) is 31.4 Å². The summed E-state index contributed by atoms with van der Waals surface area (Å²) < 4.78 is 13.5. The first-order valence-electron chi connectivity index (χ1n) is 8.28. The summed E-state index contributed by atoms with van der Waals surface area (Å²) in [6.07, 6.45) is 9.79. The molecule has 0 aromatic carbocycles. The Morgan fingerprint density at radius 1 is 1.22 bits per heavy atom. The average molecular weight is 314 g/mol. The quantitative estimate of drug-likeness (QED) is 0.939. The highest BCUT2D eigenvalue weighted by atomic mass is 16.7. The highest BCUT2D eigenvalue weighted by Gasteiger charge is 2.40. The second-order valence-electron chi connectivity index (χ2n) is 6.27. The van der Waals surface area contributed by atoms with Gasteiger partial charge in [-0.05, 0) is 25.0 Å². The number of hydrogen-bond acceptors (Lipinski definition) is 5. The van der Waals surface area contributed by atoms with Crippen LogP contribution in [0.25, 0.3) is 0 Å². The summed E-state index contributed by atoms with van der Waals surface area (Å²) in [5, 5.41) is 7.99. The Balaban J connectivity index is 1.32. The molecule has 2 fully saturated rings. The molecule has 1 N–H and O–H groups in total. The van der Waals surface area contributed by atoms with Crippen LogP contribution in [0.5, 0.6) is 0 Å². The third-order valence-electron chi connectivity index (χ3n) is 4.62. The molecule has 1 saturated heterocycles. The molecule has 2 aromatic rings. The van der Waals surface area contributed by atoms with Crippen LogP contribution in [0.3, 0.4) is 0 Å². The van der Waals surface area contributed by atoms with Crippen molar-refractivity contribution in [2.75, 3.05) is 18.5 Å². The number of aromatic nitrogens is 3. The molecule has 0 amide bonds. The highest BCUT2D eigenvalue weighted by Crippen LogP contribution is 2.36. The SMILES string of the molecule is c1ccc(Cn2cc(NC3CCC4(CC3)OCCO4)cn2)nc1. The molecule has 6 heteroatoms. The van der Waals surface area contributed by atoms with Crippen LogP contribution >= 0.6 is 0 Å². The molecule has 122 valence electrons. The minimum atomic E-state index is -0.290. The van der Waals surface area contributed by atoms with E-state index in [1.807, 2.05) is 41.5 Å². The fraction of sp³-hybridized carbons (Fsp3) is 0.529. The highest BCUT2D eigenvalue weighted by molar-refractivity contribution is 5.39. The number of nitrogens with zero attached hydrogens (tertiary/aromatic N) is 3. The largest absolute Gasteiger partial charge is 0.380 e. The van der Waals surface area contributed by atoms with Crippen molar-refractivity contribution >= 4 is 5.69 Å². The first-order valence-corrected chi connectivity index (χ1v) is 8.28. The fourth-order valence-corrected chi connectivity index (χ4v) is 3.41. The van der Waals surface area contributed by atoms with E-state index in [2.05, 4.69) is 15.4 Å². The van der Waals surface area contributed by atoms with Gasteiger partial charge < -0.3 is 14.8 Å². The van der Waals surface area contributed by atoms with Crippen molar-refractivity contribution in [1.82, 2.24) is 14.8 Å². The number of ether oxygens (including phenoxy) is 2. The summed E-state index contributed by atoms with van der Waals surface area (Å²) in [6.45, 7) is 2.16. The van der Waals surface area contributed by atoms with E-state index >= 15 is 0 Å². The summed E-state index contributed by atoms with van der Waals surface area (Å²) >= 11 is 0. The minimum Gasteiger partial charge on any atom is -0.380 e. The van der Waals surface area contributed by atoms with Gasteiger partial charge in [-0.1, -0.05) is 6.07 Å². The topological polar surface area (TPSA) is 61.2 Å². The normalized spacial score (nSPS) is 20.9. The maximum absolute atomic E-state index is 5.78. The molecule has 2 aromatic heterocycles. The average Bonchev–Trinajstić information content (AvgIpc) is 3.21. The molecule has 1 spiro atoms. The smallest absolute Gasteiger partial charge is 0.168 e. The number of rotatable bonds is 4. The Hall–Kier alpha value is -1.92. The molecule has 4 rings (SSSR count). The zero-order valence-electron chi connectivity index (χ0n) is 13.1. The van der Waals surface area contributed by atoms with Crippen molar-refractivity contribution in [3.05, 3.63) is 42.5 Å². The van der Waals surface area contributed by atoms with Crippen LogP contribution in [0.15, 0.2) is 36.8 Å². The molecule has 3 heterocycles. The Bertz CT molecular complexity index is 627. The summed E-state index contributed by atoms with van der Waals surface area (Å²) in [5.74, 6) is -0.290. The molecule has 0 unspecified atom stereocenters. The minimum absolute atomic E-state index is 0.290. The molecule has 1 aliphatic heterocycles. The molecule has 0 bridgehead atoms. The molecule has 0 atom stereocenters. The zero-order chi connectivity index (χ0) is 15.5. The van der Waals surface area contributed by atoms with Gasteiger partial charge in [0.25, 0.3) is 0 Å². The summed E-state index contributed by atoms with van der Waals surface area (Å²) in [5.41, 5.74) is 2.08. The molecular weight excluding hydrogens is 292 g/mol. The van der Waals surface area contributed by atoms with Gasteiger partial charge in [0.15, 0.2) is 5.79 Å². The van der Waals surface area contributed by atoms with Gasteiger partial charge in [0, 0.05) is 31.3 Å². The Labute approximate surface area is 135 Å². The first kappa shape index (κ1) is 14.7. The number of nitrogens with one attached hydrogen (secondary N) is 1. The Kier molecular flexibility index (Phi) is 4.01. The number of pyridine rings is 1. The van der Waals surface area contributed by atoms with Crippen LogP contribution in [-0.2, 0) is 16.0 Å². The van der Waals surface area contributed by atoms with Gasteiger partial charge in [0.1, 0.15) is 0 Å². The van der Waals surface area contributed by atoms with Gasteiger partial charge in [-0.25, -0.2) is 0 Å². The molecule has 2 aliphatic rings. The third-order valence-corrected chi connectivity index (χ3v) is 4.62. The predicted molar refractivity (Wildman–Crippen MR) is 86.1 cm³/mol. The van der Waals surface area contributed by atoms with Gasteiger partial charge in [-0.15, -0.1) is 0 Å². The number of anilines is 1. The fourth-order valence-electron chi connectivity index (χ4n) is 3.41. The van der Waals surface area contributed by atoms with Crippen LogP contribution in [0, 0.1) is 0 Å². The van der Waals surface area contributed by atoms with E-state index in [4.69, 9.17) is 9.47 Å². The maximum atomic E-state index is 5.78. The maximum Gasteiger partial charge on any atom is 0.168 e. The Morgan fingerprint density at radius 3 is 2.78 bits per heavy atom. The van der Waals surface area contributed by atoms with E-state index in [-0.39, 0.29) is 5.79 Å². The van der Waals surface area contributed by atoms with Crippen molar-refractivity contribution in [3.8, 4) is 0 Å². The van der Waals surface area contributed by atoms with Crippen molar-refractivity contribution in [1.29, 1.82) is 0 Å². The molecule has 6 nitrogen and oxygen atoms in total. The number of hydrogen-bond donors (Lipinski definition) is 1. The van der Waals surface area contributed by atoms with Gasteiger partial charge in [0.2, 0.25) is 0 Å². The monoisotopic (exact) mass is 314 g/mol. The van der Waals surface area contributed by atoms with Crippen LogP contribution in [-0.4, -0.2) is 39.8 Å². The molecule has 23 heavy (non-hydrogen) atoms. The molecular formula is C17H22N4O2. The summed E-state index contributed by atoms with van der Waals surface area (Å²) in [7, 11) is 0. The third kappa shape index (κ3) is 3.38. The van der Waals surface area contributed by atoms with Crippen LogP contribution in [0.4, 0.5) is 5.69 Å². The van der Waals surface area contributed by atoms with Crippen molar-refractivity contribution in [3.63, 3.8) is 0 Å². The van der Waals surface area contributed by atoms with Crippen LogP contribution in [0.2, 0.25) is 0 Å². The molecule has 0 radical (unpaired) electrons. The molecule has 1 aliphatic carbocycles. The zero-order valence-corrected chi connectivity index (χ0v) is 13.1. The van der Waals surface area contributed by atoms with Crippen molar-refractivity contribution in [2.45, 2.75) is 44.1 Å². The van der Waals surface area contributed by atoms with Gasteiger partial charge in [-0.2, -0.15) is 5.10 Å². The summed E-state index contributed by atoms with van der Waals surface area (Å²) in [6, 6.07) is 6.39. The van der Waals surface area contributed by atoms with E-state index in [0.717, 1.165) is 50.3 Å². The molecule has 1 saturated carbocycles. The van der Waals surface area contributed by atoms with E-state index < -0.39 is 0 Å². The second kappa shape index (κ2) is 6.29. The lowest BCUT2D eigenvalue weighted by Crippen LogP contribution is -2.39. The second-order valence-corrected chi connectivity index (χ2v) is 6.27. The van der Waals surface area contributed by atoms with Gasteiger partial charge in [-0.3, -0.25) is 9.67 Å². The van der Waals surface area contributed by atoms with Gasteiger partial charge in [0.05, 0.1) is 37.3 Å². The van der Waals surface area contributed by atoms with E-state index in [0.29, 0.717) is 12.6 Å². The van der Waals surface area contributed by atoms with Gasteiger partial charge >= 0.3 is 0 Å². The van der Waals surface area contributed by atoms with Crippen molar-refractivity contribution in [2.24, 2.45) is 0 Å². The van der Waals surface area contributed by atoms with Crippen LogP contribution < -0.4 is 5.32 Å². The lowest BCUT2D eigenvalue weighted by atomic mass is 9.90. The standard InChI is InChI=1S/C17H22N4O2/c1-2-8-18-15(3-1)12-21-13-16(11-19-21)20-14-4-6-17(7-5-14)22-9-10-23-17/h1-3,8,11,13-14,20H,4-7,9-10,12H2. The first-order chi connectivity index (χ1) is 11.3. The lowest BCUT2D eigenvalue weighted by molar-refractivity contribution is -0.177. The van der Waals surface area contributed by atoms with Crippen molar-refractivity contribution < 1.29 is 9.47 Å². The van der Waals surface area contributed by atoms with E-state index in [1.165, 1.54) is 0 Å². The lowest BCUT2D eigenvalue weighted by Gasteiger charge is -2.35. The van der Waals surface area contributed by atoms with E-state index in [1.54, 1.807) is 0 Å². The van der Waals surface area contributed by atoms with E-state index in [9.17, 15) is 0 Å². The predicted octanol–water partition coefficient (Wildman–Crippen LogP) is 2.42. The Morgan fingerprint density at radius 2 is 2.04 bits per heavy atom. The summed E-state index contributed by atoms with van der Waals surface area (Å²) in [4.78, 5) is 4.33.